The Labute approximate surface area is 150 Å². The second-order valence-corrected chi connectivity index (χ2v) is 5.91. The van der Waals surface area contributed by atoms with E-state index in [1.165, 1.54) is 9.80 Å². The highest BCUT2D eigenvalue weighted by Crippen LogP contribution is 2.15. The number of H-pyrrole nitrogens is 2. The monoisotopic (exact) mass is 379 g/mol. The van der Waals surface area contributed by atoms with Crippen LogP contribution in [0.4, 0.5) is 14.5 Å². The van der Waals surface area contributed by atoms with Crippen LogP contribution in [0.1, 0.15) is 20.8 Å². The fourth-order valence-corrected chi connectivity index (χ4v) is 2.77. The molecule has 1 saturated heterocycles. The summed E-state index contributed by atoms with van der Waals surface area (Å²) in [6.07, 6.45) is 0. The minimum atomic E-state index is -0.877. The van der Waals surface area contributed by atoms with E-state index in [1.54, 1.807) is 0 Å². The van der Waals surface area contributed by atoms with Gasteiger partial charge in [-0.1, -0.05) is 0 Å². The smallest absolute Gasteiger partial charge is 0.326 e. The molecule has 1 aromatic carbocycles. The molecule has 0 unspecified atom stereocenters. The lowest BCUT2D eigenvalue weighted by molar-refractivity contribution is 0.0529. The third-order valence-corrected chi connectivity index (χ3v) is 4.21. The molecule has 0 bridgehead atoms. The maximum absolute atomic E-state index is 13.8. The largest absolute Gasteiger partial charge is 0.392 e. The van der Waals surface area contributed by atoms with Crippen LogP contribution in [0.5, 0.6) is 0 Å². The number of carbonyl (C=O) groups is 2. The highest BCUT2D eigenvalue weighted by atomic mass is 19.1. The number of aromatic amines is 2. The standard InChI is InChI=1S/C16H15F2N5O4/c17-8-1-2-10(18)9(7-8)14(25)22-3-5-23(6-4-22)15(26)12-11(19)13(24)21-16(27)20-12/h1-2,7H,3-6,19H2,(H2,20,21,24,27). The lowest BCUT2D eigenvalue weighted by Crippen LogP contribution is -2.51. The molecule has 4 N–H and O–H groups in total. The summed E-state index contributed by atoms with van der Waals surface area (Å²) in [5, 5.41) is 0. The quantitative estimate of drug-likeness (QED) is 0.648. The third-order valence-electron chi connectivity index (χ3n) is 4.21. The highest BCUT2D eigenvalue weighted by molar-refractivity contribution is 5.97. The van der Waals surface area contributed by atoms with Crippen molar-refractivity contribution in [1.29, 1.82) is 0 Å². The Hall–Kier alpha value is -3.50. The van der Waals surface area contributed by atoms with Crippen LogP contribution in [0.2, 0.25) is 0 Å². The van der Waals surface area contributed by atoms with Gasteiger partial charge in [-0.2, -0.15) is 0 Å². The van der Waals surface area contributed by atoms with Gasteiger partial charge < -0.3 is 20.5 Å². The fraction of sp³-hybridized carbons (Fsp3) is 0.250. The summed E-state index contributed by atoms with van der Waals surface area (Å²) >= 11 is 0. The first-order chi connectivity index (χ1) is 12.8. The topological polar surface area (TPSA) is 132 Å². The number of nitrogen functional groups attached to an aromatic ring is 1. The molecule has 9 nitrogen and oxygen atoms in total. The number of aromatic nitrogens is 2. The minimum absolute atomic E-state index is 0.0633. The summed E-state index contributed by atoms with van der Waals surface area (Å²) in [6, 6.07) is 2.60. The molecule has 2 amide bonds. The Morgan fingerprint density at radius 1 is 0.963 bits per heavy atom. The predicted octanol–water partition coefficient (Wildman–Crippen LogP) is -0.478. The molecule has 0 saturated carbocycles. The second kappa shape index (κ2) is 7.02. The van der Waals surface area contributed by atoms with E-state index in [4.69, 9.17) is 5.73 Å². The molecule has 0 spiro atoms. The normalized spacial score (nSPS) is 14.3. The number of hydrogen-bond acceptors (Lipinski definition) is 5. The molecule has 142 valence electrons. The van der Waals surface area contributed by atoms with Crippen molar-refractivity contribution in [2.24, 2.45) is 0 Å². The molecule has 0 aliphatic carbocycles. The Balaban J connectivity index is 1.73. The van der Waals surface area contributed by atoms with E-state index in [2.05, 4.69) is 4.98 Å². The van der Waals surface area contributed by atoms with Crippen LogP contribution in [0.25, 0.3) is 0 Å². The molecule has 1 fully saturated rings. The van der Waals surface area contributed by atoms with Gasteiger partial charge in [0.05, 0.1) is 5.56 Å². The molecule has 27 heavy (non-hydrogen) atoms. The number of amides is 2. The molecule has 0 atom stereocenters. The van der Waals surface area contributed by atoms with Crippen molar-refractivity contribution in [3.05, 3.63) is 61.9 Å². The van der Waals surface area contributed by atoms with Gasteiger partial charge in [0.2, 0.25) is 0 Å². The molecular weight excluding hydrogens is 364 g/mol. The van der Waals surface area contributed by atoms with E-state index < -0.39 is 45.9 Å². The summed E-state index contributed by atoms with van der Waals surface area (Å²) < 4.78 is 27.0. The van der Waals surface area contributed by atoms with Crippen LogP contribution < -0.4 is 17.0 Å². The van der Waals surface area contributed by atoms with Crippen molar-refractivity contribution < 1.29 is 18.4 Å². The first-order valence-electron chi connectivity index (χ1n) is 7.93. The van der Waals surface area contributed by atoms with E-state index in [9.17, 15) is 28.0 Å². The lowest BCUT2D eigenvalue weighted by Gasteiger charge is -2.34. The zero-order chi connectivity index (χ0) is 19.7. The number of benzene rings is 1. The Bertz CT molecular complexity index is 1020. The molecular formula is C16H15F2N5O4. The van der Waals surface area contributed by atoms with E-state index >= 15 is 0 Å². The zero-order valence-electron chi connectivity index (χ0n) is 13.9. The van der Waals surface area contributed by atoms with E-state index in [0.717, 1.165) is 18.2 Å². The number of halogens is 2. The van der Waals surface area contributed by atoms with E-state index in [1.807, 2.05) is 4.98 Å². The van der Waals surface area contributed by atoms with Crippen molar-refractivity contribution in [3.8, 4) is 0 Å². The number of anilines is 1. The number of nitrogens with one attached hydrogen (secondary N) is 2. The average molecular weight is 379 g/mol. The maximum atomic E-state index is 13.8. The SMILES string of the molecule is Nc1c(C(=O)N2CCN(C(=O)c3cc(F)ccc3F)CC2)[nH]c(=O)[nH]c1=O. The van der Waals surface area contributed by atoms with Gasteiger partial charge in [0.1, 0.15) is 23.0 Å². The zero-order valence-corrected chi connectivity index (χ0v) is 13.9. The van der Waals surface area contributed by atoms with Crippen molar-refractivity contribution in [2.75, 3.05) is 31.9 Å². The van der Waals surface area contributed by atoms with Crippen LogP contribution in [-0.2, 0) is 0 Å². The van der Waals surface area contributed by atoms with Gasteiger partial charge in [-0.3, -0.25) is 19.4 Å². The van der Waals surface area contributed by atoms with Crippen LogP contribution in [0.15, 0.2) is 27.8 Å². The lowest BCUT2D eigenvalue weighted by atomic mass is 10.1. The van der Waals surface area contributed by atoms with Gasteiger partial charge in [-0.25, -0.2) is 13.6 Å². The molecule has 2 aromatic rings. The van der Waals surface area contributed by atoms with Gasteiger partial charge in [0, 0.05) is 26.2 Å². The van der Waals surface area contributed by atoms with Crippen LogP contribution in [0, 0.1) is 11.6 Å². The number of piperazine rings is 1. The summed E-state index contributed by atoms with van der Waals surface area (Å²) in [4.78, 5) is 54.4. The van der Waals surface area contributed by atoms with Gasteiger partial charge in [-0.15, -0.1) is 0 Å². The number of carbonyl (C=O) groups excluding carboxylic acids is 2. The number of rotatable bonds is 2. The summed E-state index contributed by atoms with van der Waals surface area (Å²) in [5.74, 6) is -2.93. The number of nitrogens with zero attached hydrogens (tertiary/aromatic N) is 2. The molecule has 11 heteroatoms. The second-order valence-electron chi connectivity index (χ2n) is 5.91. The molecule has 3 rings (SSSR count). The first kappa shape index (κ1) is 18.3. The Kier molecular flexibility index (Phi) is 4.75. The molecule has 0 radical (unpaired) electrons. The maximum Gasteiger partial charge on any atom is 0.326 e. The minimum Gasteiger partial charge on any atom is -0.392 e. The van der Waals surface area contributed by atoms with E-state index in [0.29, 0.717) is 0 Å². The van der Waals surface area contributed by atoms with Gasteiger partial charge in [0.15, 0.2) is 0 Å². The summed E-state index contributed by atoms with van der Waals surface area (Å²) in [5.41, 5.74) is 2.65. The molecule has 1 aromatic heterocycles. The number of nitrogens with two attached hydrogens (primary N) is 1. The Morgan fingerprint density at radius 3 is 2.19 bits per heavy atom. The Morgan fingerprint density at radius 2 is 1.56 bits per heavy atom. The fourth-order valence-electron chi connectivity index (χ4n) is 2.77. The van der Waals surface area contributed by atoms with Crippen molar-refractivity contribution >= 4 is 17.5 Å². The van der Waals surface area contributed by atoms with E-state index in [-0.39, 0.29) is 31.9 Å². The highest BCUT2D eigenvalue weighted by Gasteiger charge is 2.28. The van der Waals surface area contributed by atoms with Crippen LogP contribution in [0.3, 0.4) is 0 Å². The van der Waals surface area contributed by atoms with Crippen LogP contribution in [-0.4, -0.2) is 57.8 Å². The summed E-state index contributed by atoms with van der Waals surface area (Å²) in [7, 11) is 0. The third kappa shape index (κ3) is 3.57. The average Bonchev–Trinajstić information content (AvgIpc) is 2.65. The summed E-state index contributed by atoms with van der Waals surface area (Å²) in [6.45, 7) is 0.257. The van der Waals surface area contributed by atoms with Crippen molar-refractivity contribution in [3.63, 3.8) is 0 Å². The van der Waals surface area contributed by atoms with Gasteiger partial charge in [-0.05, 0) is 18.2 Å². The molecule has 1 aliphatic heterocycles. The molecule has 2 heterocycles. The first-order valence-corrected chi connectivity index (χ1v) is 7.93. The predicted molar refractivity (Wildman–Crippen MR) is 90.3 cm³/mol. The van der Waals surface area contributed by atoms with Crippen molar-refractivity contribution in [1.82, 2.24) is 19.8 Å². The van der Waals surface area contributed by atoms with Crippen molar-refractivity contribution in [2.45, 2.75) is 0 Å². The number of hydrogen-bond donors (Lipinski definition) is 3. The molecule has 1 aliphatic rings. The van der Waals surface area contributed by atoms with Gasteiger partial charge >= 0.3 is 5.69 Å². The van der Waals surface area contributed by atoms with Gasteiger partial charge in [0.25, 0.3) is 17.4 Å². The van der Waals surface area contributed by atoms with Crippen LogP contribution >= 0.6 is 0 Å².